The standard InChI is InChI=1S/C16H25N5O/c1-4-12(5-2)14-9-13(6-7-22-14)20-15-8-11(3)19-16-17-10-18-21(15)16/h8,10,12-14,20H,4-7,9H2,1-3H3. The van der Waals surface area contributed by atoms with E-state index in [1.807, 2.05) is 13.0 Å². The molecule has 3 rings (SSSR count). The number of ether oxygens (including phenoxy) is 1. The minimum Gasteiger partial charge on any atom is -0.378 e. The maximum absolute atomic E-state index is 6.00. The molecule has 2 aromatic heterocycles. The van der Waals surface area contributed by atoms with Crippen LogP contribution in [0.3, 0.4) is 0 Å². The number of nitrogens with zero attached hydrogens (tertiary/aromatic N) is 4. The maximum atomic E-state index is 6.00. The first-order chi connectivity index (χ1) is 10.7. The summed E-state index contributed by atoms with van der Waals surface area (Å²) in [6.45, 7) is 7.31. The minimum absolute atomic E-state index is 0.357. The van der Waals surface area contributed by atoms with Crippen LogP contribution in [-0.2, 0) is 4.74 Å². The minimum atomic E-state index is 0.357. The highest BCUT2D eigenvalue weighted by atomic mass is 16.5. The Labute approximate surface area is 131 Å². The summed E-state index contributed by atoms with van der Waals surface area (Å²) in [5, 5.41) is 7.89. The zero-order valence-electron chi connectivity index (χ0n) is 13.6. The molecule has 2 aromatic rings. The Hall–Kier alpha value is -1.69. The molecular weight excluding hydrogens is 278 g/mol. The Morgan fingerprint density at radius 1 is 1.41 bits per heavy atom. The summed E-state index contributed by atoms with van der Waals surface area (Å²) in [6, 6.07) is 2.44. The molecule has 120 valence electrons. The SMILES string of the molecule is CCC(CC)C1CC(Nc2cc(C)nc3ncnn23)CCO1. The Kier molecular flexibility index (Phi) is 4.57. The molecule has 0 aliphatic carbocycles. The van der Waals surface area contributed by atoms with Crippen molar-refractivity contribution in [2.75, 3.05) is 11.9 Å². The van der Waals surface area contributed by atoms with Crippen LogP contribution in [0.2, 0.25) is 0 Å². The zero-order valence-corrected chi connectivity index (χ0v) is 13.6. The first-order valence-electron chi connectivity index (χ1n) is 8.26. The van der Waals surface area contributed by atoms with Crippen molar-refractivity contribution < 1.29 is 4.74 Å². The van der Waals surface area contributed by atoms with Crippen molar-refractivity contribution in [1.29, 1.82) is 0 Å². The van der Waals surface area contributed by atoms with Crippen molar-refractivity contribution in [2.24, 2.45) is 5.92 Å². The molecule has 1 fully saturated rings. The monoisotopic (exact) mass is 303 g/mol. The molecular formula is C16H25N5O. The molecule has 0 amide bonds. The zero-order chi connectivity index (χ0) is 15.5. The summed E-state index contributed by atoms with van der Waals surface area (Å²) in [5.41, 5.74) is 0.951. The van der Waals surface area contributed by atoms with Crippen LogP contribution in [0, 0.1) is 12.8 Å². The van der Waals surface area contributed by atoms with Crippen LogP contribution in [-0.4, -0.2) is 38.3 Å². The first kappa shape index (κ1) is 15.2. The summed E-state index contributed by atoms with van der Waals surface area (Å²) in [7, 11) is 0. The Balaban J connectivity index is 1.75. The van der Waals surface area contributed by atoms with Crippen LogP contribution in [0.25, 0.3) is 5.78 Å². The Bertz CT molecular complexity index is 622. The van der Waals surface area contributed by atoms with Gasteiger partial charge >= 0.3 is 0 Å². The number of fused-ring (bicyclic) bond motifs is 1. The van der Waals surface area contributed by atoms with Gasteiger partial charge in [-0.3, -0.25) is 0 Å². The average Bonchev–Trinajstić information content (AvgIpc) is 2.97. The van der Waals surface area contributed by atoms with E-state index in [-0.39, 0.29) is 0 Å². The van der Waals surface area contributed by atoms with E-state index in [0.29, 0.717) is 23.8 Å². The lowest BCUT2D eigenvalue weighted by atomic mass is 9.89. The summed E-state index contributed by atoms with van der Waals surface area (Å²) in [5.74, 6) is 2.26. The van der Waals surface area contributed by atoms with Gasteiger partial charge in [0.25, 0.3) is 5.78 Å². The fourth-order valence-electron chi connectivity index (χ4n) is 3.34. The van der Waals surface area contributed by atoms with E-state index in [2.05, 4.69) is 34.2 Å². The average molecular weight is 303 g/mol. The highest BCUT2D eigenvalue weighted by Crippen LogP contribution is 2.27. The second kappa shape index (κ2) is 6.60. The molecule has 22 heavy (non-hydrogen) atoms. The molecule has 6 heteroatoms. The van der Waals surface area contributed by atoms with E-state index in [0.717, 1.165) is 31.0 Å². The predicted molar refractivity (Wildman–Crippen MR) is 86.0 cm³/mol. The normalized spacial score (nSPS) is 22.4. The molecule has 1 aliphatic heterocycles. The molecule has 2 unspecified atom stereocenters. The van der Waals surface area contributed by atoms with Gasteiger partial charge in [-0.15, -0.1) is 0 Å². The summed E-state index contributed by atoms with van der Waals surface area (Å²) in [6.07, 6.45) is 6.32. The number of hydrogen-bond acceptors (Lipinski definition) is 5. The van der Waals surface area contributed by atoms with Gasteiger partial charge in [-0.1, -0.05) is 26.7 Å². The van der Waals surface area contributed by atoms with E-state index in [1.54, 1.807) is 10.8 Å². The van der Waals surface area contributed by atoms with Gasteiger partial charge in [-0.25, -0.2) is 4.98 Å². The Morgan fingerprint density at radius 2 is 2.23 bits per heavy atom. The van der Waals surface area contributed by atoms with Gasteiger partial charge in [0, 0.05) is 24.4 Å². The lowest BCUT2D eigenvalue weighted by Gasteiger charge is -2.34. The van der Waals surface area contributed by atoms with Crippen LogP contribution >= 0.6 is 0 Å². The number of hydrogen-bond donors (Lipinski definition) is 1. The molecule has 2 atom stereocenters. The number of rotatable bonds is 5. The molecule has 0 bridgehead atoms. The van der Waals surface area contributed by atoms with Gasteiger partial charge in [0.15, 0.2) is 0 Å². The van der Waals surface area contributed by atoms with Crippen LogP contribution in [0.1, 0.15) is 45.2 Å². The smallest absolute Gasteiger partial charge is 0.254 e. The lowest BCUT2D eigenvalue weighted by molar-refractivity contribution is -0.0271. The molecule has 6 nitrogen and oxygen atoms in total. The van der Waals surface area contributed by atoms with Crippen molar-refractivity contribution in [2.45, 2.75) is 58.6 Å². The third-order valence-corrected chi connectivity index (χ3v) is 4.62. The molecule has 0 aromatic carbocycles. The number of nitrogens with one attached hydrogen (secondary N) is 1. The van der Waals surface area contributed by atoms with E-state index in [4.69, 9.17) is 4.74 Å². The summed E-state index contributed by atoms with van der Waals surface area (Å²) >= 11 is 0. The van der Waals surface area contributed by atoms with Crippen molar-refractivity contribution in [1.82, 2.24) is 19.6 Å². The maximum Gasteiger partial charge on any atom is 0.254 e. The highest BCUT2D eigenvalue weighted by Gasteiger charge is 2.28. The predicted octanol–water partition coefficient (Wildman–Crippen LogP) is 2.83. The van der Waals surface area contributed by atoms with Crippen LogP contribution in [0.15, 0.2) is 12.4 Å². The first-order valence-corrected chi connectivity index (χ1v) is 8.26. The topological polar surface area (TPSA) is 64.3 Å². The molecule has 1 saturated heterocycles. The van der Waals surface area contributed by atoms with E-state index < -0.39 is 0 Å². The summed E-state index contributed by atoms with van der Waals surface area (Å²) in [4.78, 5) is 8.56. The molecule has 0 saturated carbocycles. The van der Waals surface area contributed by atoms with Gasteiger partial charge in [-0.2, -0.15) is 14.6 Å². The quantitative estimate of drug-likeness (QED) is 0.920. The largest absolute Gasteiger partial charge is 0.378 e. The molecule has 0 radical (unpaired) electrons. The van der Waals surface area contributed by atoms with Gasteiger partial charge in [-0.05, 0) is 25.7 Å². The van der Waals surface area contributed by atoms with Crippen LogP contribution < -0.4 is 5.32 Å². The van der Waals surface area contributed by atoms with Gasteiger partial charge < -0.3 is 10.1 Å². The van der Waals surface area contributed by atoms with Crippen molar-refractivity contribution in [3.8, 4) is 0 Å². The fourth-order valence-corrected chi connectivity index (χ4v) is 3.34. The number of anilines is 1. The van der Waals surface area contributed by atoms with E-state index in [1.165, 1.54) is 12.8 Å². The molecule has 1 aliphatic rings. The van der Waals surface area contributed by atoms with Crippen molar-refractivity contribution in [3.63, 3.8) is 0 Å². The van der Waals surface area contributed by atoms with Gasteiger partial charge in [0.2, 0.25) is 0 Å². The summed E-state index contributed by atoms with van der Waals surface area (Å²) < 4.78 is 7.77. The molecule has 0 spiro atoms. The molecule has 1 N–H and O–H groups in total. The second-order valence-electron chi connectivity index (χ2n) is 6.11. The third kappa shape index (κ3) is 3.06. The van der Waals surface area contributed by atoms with Gasteiger partial charge in [0.1, 0.15) is 12.1 Å². The number of aromatic nitrogens is 4. The second-order valence-corrected chi connectivity index (χ2v) is 6.11. The van der Waals surface area contributed by atoms with Crippen LogP contribution in [0.5, 0.6) is 0 Å². The van der Waals surface area contributed by atoms with Crippen LogP contribution in [0.4, 0.5) is 5.82 Å². The highest BCUT2D eigenvalue weighted by molar-refractivity contribution is 5.45. The van der Waals surface area contributed by atoms with E-state index >= 15 is 0 Å². The van der Waals surface area contributed by atoms with Crippen molar-refractivity contribution >= 4 is 11.6 Å². The molecule has 3 heterocycles. The number of aryl methyl sites for hydroxylation is 1. The van der Waals surface area contributed by atoms with Gasteiger partial charge in [0.05, 0.1) is 6.10 Å². The van der Waals surface area contributed by atoms with Crippen molar-refractivity contribution in [3.05, 3.63) is 18.1 Å². The third-order valence-electron chi connectivity index (χ3n) is 4.62. The fraction of sp³-hybridized carbons (Fsp3) is 0.688. The lowest BCUT2D eigenvalue weighted by Crippen LogP contribution is -2.38. The van der Waals surface area contributed by atoms with E-state index in [9.17, 15) is 0 Å². The Morgan fingerprint density at radius 3 is 3.00 bits per heavy atom.